The average Bonchev–Trinajstić information content (AvgIpc) is 3.27. The van der Waals surface area contributed by atoms with Gasteiger partial charge in [0.05, 0.1) is 18.2 Å². The Morgan fingerprint density at radius 1 is 1.18 bits per heavy atom. The second kappa shape index (κ2) is 11.6. The molecule has 1 aliphatic rings. The molecule has 0 radical (unpaired) electrons. The molecule has 0 aliphatic carbocycles. The van der Waals surface area contributed by atoms with Crippen molar-refractivity contribution in [3.8, 4) is 0 Å². The molecule has 0 saturated carbocycles. The van der Waals surface area contributed by atoms with Crippen LogP contribution in [0.15, 0.2) is 42.6 Å². The van der Waals surface area contributed by atoms with Crippen LogP contribution in [-0.2, 0) is 21.6 Å². The number of likely N-dealkylation sites (tertiary alicyclic amines) is 1. The van der Waals surface area contributed by atoms with E-state index in [0.717, 1.165) is 40.2 Å². The molecule has 1 saturated heterocycles. The number of aryl methyl sites for hydroxylation is 1. The first-order valence-electron chi connectivity index (χ1n) is 13.4. The van der Waals surface area contributed by atoms with Gasteiger partial charge in [-0.15, -0.1) is 0 Å². The maximum absolute atomic E-state index is 13.7. The topological polar surface area (TPSA) is 76.8 Å². The van der Waals surface area contributed by atoms with Gasteiger partial charge in [-0.2, -0.15) is 5.10 Å². The summed E-state index contributed by atoms with van der Waals surface area (Å²) in [6, 6.07) is 11.9. The summed E-state index contributed by atoms with van der Waals surface area (Å²) in [5.41, 5.74) is 3.63. The van der Waals surface area contributed by atoms with Crippen LogP contribution in [0.1, 0.15) is 42.6 Å². The first-order valence-corrected chi connectivity index (χ1v) is 17.1. The zero-order valence-electron chi connectivity index (χ0n) is 23.2. The smallest absolute Gasteiger partial charge is 0.407 e. The monoisotopic (exact) mass is 541 g/mol. The number of rotatable bonds is 10. The molecule has 3 aromatic rings. The van der Waals surface area contributed by atoms with Gasteiger partial charge in [-0.3, -0.25) is 0 Å². The molecule has 9 heteroatoms. The molecule has 7 nitrogen and oxygen atoms in total. The lowest BCUT2D eigenvalue weighted by atomic mass is 9.73. The SMILES string of the molecule is Cc1cc(C(C)OCC2(c3ccc(F)cc3)CCN(C(=O)O)CC2)c2nn(COCC[Si](C)(C)C)cc2c1. The van der Waals surface area contributed by atoms with Crippen LogP contribution in [0.2, 0.25) is 25.7 Å². The Morgan fingerprint density at radius 3 is 2.50 bits per heavy atom. The van der Waals surface area contributed by atoms with Crippen LogP contribution in [0.25, 0.3) is 10.9 Å². The molecule has 2 heterocycles. The predicted molar refractivity (Wildman–Crippen MR) is 150 cm³/mol. The van der Waals surface area contributed by atoms with Crippen molar-refractivity contribution in [3.05, 3.63) is 65.1 Å². The van der Waals surface area contributed by atoms with Gasteiger partial charge in [0, 0.05) is 50.3 Å². The highest BCUT2D eigenvalue weighted by Gasteiger charge is 2.38. The predicted octanol–water partition coefficient (Wildman–Crippen LogP) is 6.59. The molecule has 1 aromatic heterocycles. The first-order chi connectivity index (χ1) is 18.0. The summed E-state index contributed by atoms with van der Waals surface area (Å²) in [4.78, 5) is 12.9. The molecule has 1 atom stereocenters. The molecule has 0 spiro atoms. The van der Waals surface area contributed by atoms with E-state index in [1.54, 1.807) is 12.1 Å². The number of halogens is 1. The Balaban J connectivity index is 1.51. The van der Waals surface area contributed by atoms with Crippen LogP contribution in [0.4, 0.5) is 9.18 Å². The molecular weight excluding hydrogens is 501 g/mol. The summed E-state index contributed by atoms with van der Waals surface area (Å²) in [6.45, 7) is 13.5. The molecule has 0 bridgehead atoms. The van der Waals surface area contributed by atoms with Gasteiger partial charge >= 0.3 is 6.09 Å². The number of nitrogens with zero attached hydrogens (tertiary/aromatic N) is 3. The summed E-state index contributed by atoms with van der Waals surface area (Å²) in [7, 11) is -1.15. The fraction of sp³-hybridized carbons (Fsp3) is 0.517. The second-order valence-corrected chi connectivity index (χ2v) is 17.4. The van der Waals surface area contributed by atoms with E-state index >= 15 is 0 Å². The minimum Gasteiger partial charge on any atom is -0.465 e. The van der Waals surface area contributed by atoms with E-state index in [-0.39, 0.29) is 17.3 Å². The largest absolute Gasteiger partial charge is 0.465 e. The van der Waals surface area contributed by atoms with Crippen LogP contribution in [-0.4, -0.2) is 60.3 Å². The third kappa shape index (κ3) is 6.81. The van der Waals surface area contributed by atoms with Crippen LogP contribution in [0, 0.1) is 12.7 Å². The second-order valence-electron chi connectivity index (χ2n) is 11.8. The number of amides is 1. The molecule has 4 rings (SSSR count). The molecule has 38 heavy (non-hydrogen) atoms. The summed E-state index contributed by atoms with van der Waals surface area (Å²) < 4.78 is 28.0. The summed E-state index contributed by atoms with van der Waals surface area (Å²) in [5.74, 6) is -0.289. The van der Waals surface area contributed by atoms with Gasteiger partial charge in [-0.05, 0) is 62.1 Å². The van der Waals surface area contributed by atoms with Gasteiger partial charge in [-0.1, -0.05) is 37.8 Å². The molecule has 1 unspecified atom stereocenters. The van der Waals surface area contributed by atoms with Crippen molar-refractivity contribution in [2.24, 2.45) is 0 Å². The maximum Gasteiger partial charge on any atom is 0.407 e. The van der Waals surface area contributed by atoms with Gasteiger partial charge in [0.25, 0.3) is 0 Å². The lowest BCUT2D eigenvalue weighted by Gasteiger charge is -2.41. The van der Waals surface area contributed by atoms with Crippen molar-refractivity contribution in [1.29, 1.82) is 0 Å². The van der Waals surface area contributed by atoms with E-state index in [0.29, 0.717) is 39.3 Å². The summed E-state index contributed by atoms with van der Waals surface area (Å²) in [5, 5.41) is 15.3. The Morgan fingerprint density at radius 2 is 1.87 bits per heavy atom. The lowest BCUT2D eigenvalue weighted by Crippen LogP contribution is -2.47. The van der Waals surface area contributed by atoms with Gasteiger partial charge in [0.15, 0.2) is 0 Å². The maximum atomic E-state index is 13.7. The van der Waals surface area contributed by atoms with E-state index in [1.807, 2.05) is 17.8 Å². The molecular formula is C29H40FN3O4Si. The van der Waals surface area contributed by atoms with Crippen molar-refractivity contribution in [2.45, 2.75) is 70.6 Å². The Hall–Kier alpha value is -2.75. The van der Waals surface area contributed by atoms with E-state index < -0.39 is 14.2 Å². The highest BCUT2D eigenvalue weighted by atomic mass is 28.3. The zero-order chi connectivity index (χ0) is 27.5. The first kappa shape index (κ1) is 28.3. The van der Waals surface area contributed by atoms with E-state index in [2.05, 4.69) is 38.7 Å². The number of aromatic nitrogens is 2. The zero-order valence-corrected chi connectivity index (χ0v) is 24.2. The minimum atomic E-state index is -1.15. The van der Waals surface area contributed by atoms with Crippen molar-refractivity contribution in [2.75, 3.05) is 26.3 Å². The summed E-state index contributed by atoms with van der Waals surface area (Å²) >= 11 is 0. The van der Waals surface area contributed by atoms with E-state index in [4.69, 9.17) is 14.6 Å². The number of piperidine rings is 1. The quantitative estimate of drug-likeness (QED) is 0.232. The Bertz CT molecular complexity index is 1250. The van der Waals surface area contributed by atoms with Crippen LogP contribution in [0.3, 0.4) is 0 Å². The molecule has 2 aromatic carbocycles. The minimum absolute atomic E-state index is 0.233. The molecule has 206 valence electrons. The van der Waals surface area contributed by atoms with Gasteiger partial charge in [-0.25, -0.2) is 13.9 Å². The van der Waals surface area contributed by atoms with Crippen molar-refractivity contribution >= 4 is 25.1 Å². The number of fused-ring (bicyclic) bond motifs is 1. The highest BCUT2D eigenvalue weighted by Crippen LogP contribution is 2.38. The van der Waals surface area contributed by atoms with Gasteiger partial charge in [0.1, 0.15) is 12.5 Å². The summed E-state index contributed by atoms with van der Waals surface area (Å²) in [6.07, 6.45) is 2.11. The van der Waals surface area contributed by atoms with Crippen LogP contribution < -0.4 is 0 Å². The number of hydrogen-bond donors (Lipinski definition) is 1. The number of carboxylic acid groups (broad SMARTS) is 1. The van der Waals surface area contributed by atoms with E-state index in [9.17, 15) is 14.3 Å². The standard InChI is InChI=1S/C29H40FN3O4Si/c1-21-16-23-18-33(20-36-14-15-38(3,4)5)31-27(23)26(17-21)22(2)37-19-29(24-6-8-25(30)9-7-24)10-12-32(13-11-29)28(34)35/h6-9,16-18,22H,10-15,19-20H2,1-5H3,(H,34,35). The lowest BCUT2D eigenvalue weighted by molar-refractivity contribution is 0.00551. The van der Waals surface area contributed by atoms with Gasteiger partial charge in [0.2, 0.25) is 0 Å². The molecule has 1 aliphatic heterocycles. The number of benzene rings is 2. The third-order valence-corrected chi connectivity index (χ3v) is 9.25. The van der Waals surface area contributed by atoms with Crippen molar-refractivity contribution < 1.29 is 23.8 Å². The normalized spacial score (nSPS) is 16.6. The third-order valence-electron chi connectivity index (χ3n) is 7.54. The molecule has 1 amide bonds. The van der Waals surface area contributed by atoms with Crippen LogP contribution >= 0.6 is 0 Å². The number of ether oxygens (including phenoxy) is 2. The van der Waals surface area contributed by atoms with Crippen molar-refractivity contribution in [1.82, 2.24) is 14.7 Å². The fourth-order valence-corrected chi connectivity index (χ4v) is 5.86. The fourth-order valence-electron chi connectivity index (χ4n) is 5.10. The Labute approximate surface area is 225 Å². The van der Waals surface area contributed by atoms with Crippen molar-refractivity contribution in [3.63, 3.8) is 0 Å². The van der Waals surface area contributed by atoms with Crippen LogP contribution in [0.5, 0.6) is 0 Å². The van der Waals surface area contributed by atoms with Gasteiger partial charge < -0.3 is 19.5 Å². The van der Waals surface area contributed by atoms with E-state index in [1.165, 1.54) is 17.0 Å². The molecule has 1 N–H and O–H groups in total. The number of hydrogen-bond acceptors (Lipinski definition) is 4. The molecule has 1 fully saturated rings. The highest BCUT2D eigenvalue weighted by molar-refractivity contribution is 6.76. The number of carbonyl (C=O) groups is 1. The average molecular weight is 542 g/mol. The Kier molecular flexibility index (Phi) is 8.59.